The Balaban J connectivity index is 1.92. The molecule has 3 aromatic rings. The van der Waals surface area contributed by atoms with E-state index >= 15 is 0 Å². The van der Waals surface area contributed by atoms with E-state index in [2.05, 4.69) is 74.5 Å². The third kappa shape index (κ3) is 2.07. The fourth-order valence-corrected chi connectivity index (χ4v) is 3.49. The highest BCUT2D eigenvalue weighted by molar-refractivity contribution is 5.90. The Kier molecular flexibility index (Phi) is 3.11. The number of allylic oxidation sites excluding steroid dienone is 1. The van der Waals surface area contributed by atoms with E-state index in [0.717, 1.165) is 12.8 Å². The summed E-state index contributed by atoms with van der Waals surface area (Å²) in [6, 6.07) is 19.9. The van der Waals surface area contributed by atoms with Gasteiger partial charge >= 0.3 is 0 Å². The molecule has 1 aliphatic rings. The maximum atomic E-state index is 2.41. The molecule has 4 rings (SSSR count). The molecule has 108 valence electrons. The predicted octanol–water partition coefficient (Wildman–Crippen LogP) is 6.16. The molecule has 1 aliphatic carbocycles. The molecule has 0 heterocycles. The lowest BCUT2D eigenvalue weighted by molar-refractivity contribution is 1.03. The molecule has 0 heteroatoms. The lowest BCUT2D eigenvalue weighted by Gasteiger charge is -2.11. The van der Waals surface area contributed by atoms with Crippen molar-refractivity contribution in [3.63, 3.8) is 0 Å². The molecule has 0 aliphatic heterocycles. The van der Waals surface area contributed by atoms with Crippen molar-refractivity contribution < 1.29 is 0 Å². The van der Waals surface area contributed by atoms with E-state index in [9.17, 15) is 0 Å². The van der Waals surface area contributed by atoms with Crippen LogP contribution in [0.2, 0.25) is 0 Å². The average molecular weight is 284 g/mol. The Bertz CT molecular complexity index is 897. The van der Waals surface area contributed by atoms with E-state index in [1.807, 2.05) is 0 Å². The van der Waals surface area contributed by atoms with Gasteiger partial charge in [-0.05, 0) is 64.4 Å². The SMILES string of the molecule is CCC1=Cc2c(-c3ccc4ccccc4c3)ccc(C)c2C1. The smallest absolute Gasteiger partial charge is 0.00551 e. The van der Waals surface area contributed by atoms with Crippen molar-refractivity contribution in [1.29, 1.82) is 0 Å². The van der Waals surface area contributed by atoms with E-state index in [4.69, 9.17) is 0 Å². The van der Waals surface area contributed by atoms with Gasteiger partial charge in [-0.1, -0.05) is 67.1 Å². The fourth-order valence-electron chi connectivity index (χ4n) is 3.49. The summed E-state index contributed by atoms with van der Waals surface area (Å²) in [6.07, 6.45) is 4.68. The largest absolute Gasteiger partial charge is 0.0654 e. The number of hydrogen-bond donors (Lipinski definition) is 0. The zero-order valence-corrected chi connectivity index (χ0v) is 13.2. The van der Waals surface area contributed by atoms with E-state index < -0.39 is 0 Å². The lowest BCUT2D eigenvalue weighted by Crippen LogP contribution is -1.92. The topological polar surface area (TPSA) is 0 Å². The predicted molar refractivity (Wildman–Crippen MR) is 96.1 cm³/mol. The van der Waals surface area contributed by atoms with Crippen molar-refractivity contribution in [2.45, 2.75) is 26.7 Å². The standard InChI is InChI=1S/C22H20/c1-3-16-12-21-15(2)8-11-20(22(21)13-16)19-10-9-17-6-4-5-7-18(17)14-19/h4-11,13-14H,3,12H2,1-2H3. The summed E-state index contributed by atoms with van der Waals surface area (Å²) in [5, 5.41) is 2.62. The van der Waals surface area contributed by atoms with Crippen LogP contribution in [0.4, 0.5) is 0 Å². The van der Waals surface area contributed by atoms with E-state index in [-0.39, 0.29) is 0 Å². The summed E-state index contributed by atoms with van der Waals surface area (Å²) in [5.41, 5.74) is 8.61. The number of benzene rings is 3. The van der Waals surface area contributed by atoms with Crippen molar-refractivity contribution in [2.75, 3.05) is 0 Å². The first-order valence-electron chi connectivity index (χ1n) is 8.07. The third-order valence-electron chi connectivity index (χ3n) is 4.86. The van der Waals surface area contributed by atoms with Gasteiger partial charge in [-0.15, -0.1) is 0 Å². The van der Waals surface area contributed by atoms with Crippen LogP contribution in [0, 0.1) is 6.92 Å². The summed E-state index contributed by atoms with van der Waals surface area (Å²) >= 11 is 0. The maximum absolute atomic E-state index is 2.41. The summed E-state index contributed by atoms with van der Waals surface area (Å²) in [7, 11) is 0. The van der Waals surface area contributed by atoms with Gasteiger partial charge in [0.1, 0.15) is 0 Å². The van der Waals surface area contributed by atoms with E-state index in [1.165, 1.54) is 38.6 Å². The summed E-state index contributed by atoms with van der Waals surface area (Å²) in [5.74, 6) is 0. The molecular weight excluding hydrogens is 264 g/mol. The molecule has 0 amide bonds. The van der Waals surface area contributed by atoms with Gasteiger partial charge in [0.15, 0.2) is 0 Å². The van der Waals surface area contributed by atoms with Crippen LogP contribution in [0.5, 0.6) is 0 Å². The van der Waals surface area contributed by atoms with Gasteiger partial charge in [0.25, 0.3) is 0 Å². The summed E-state index contributed by atoms with van der Waals surface area (Å²) in [4.78, 5) is 0. The highest BCUT2D eigenvalue weighted by atomic mass is 14.2. The summed E-state index contributed by atoms with van der Waals surface area (Å²) in [6.45, 7) is 4.48. The van der Waals surface area contributed by atoms with Crippen LogP contribution in [-0.2, 0) is 6.42 Å². The normalized spacial score (nSPS) is 13.3. The first-order valence-corrected chi connectivity index (χ1v) is 8.07. The van der Waals surface area contributed by atoms with Crippen LogP contribution < -0.4 is 0 Å². The molecular formula is C22H20. The zero-order chi connectivity index (χ0) is 15.1. The Morgan fingerprint density at radius 3 is 2.55 bits per heavy atom. The Hall–Kier alpha value is -2.34. The van der Waals surface area contributed by atoms with E-state index in [1.54, 1.807) is 5.57 Å². The van der Waals surface area contributed by atoms with Crippen molar-refractivity contribution in [3.05, 3.63) is 76.9 Å². The van der Waals surface area contributed by atoms with Gasteiger partial charge in [0, 0.05) is 0 Å². The maximum Gasteiger partial charge on any atom is -0.00551 e. The van der Waals surface area contributed by atoms with Crippen molar-refractivity contribution in [3.8, 4) is 11.1 Å². The first-order chi connectivity index (χ1) is 10.8. The number of aryl methyl sites for hydroxylation is 1. The van der Waals surface area contributed by atoms with Crippen LogP contribution in [0.1, 0.15) is 30.0 Å². The van der Waals surface area contributed by atoms with Gasteiger partial charge in [-0.25, -0.2) is 0 Å². The van der Waals surface area contributed by atoms with Gasteiger partial charge in [-0.3, -0.25) is 0 Å². The van der Waals surface area contributed by atoms with Crippen molar-refractivity contribution in [2.24, 2.45) is 0 Å². The molecule has 0 N–H and O–H groups in total. The molecule has 0 spiro atoms. The number of fused-ring (bicyclic) bond motifs is 2. The van der Waals surface area contributed by atoms with E-state index in [0.29, 0.717) is 0 Å². The molecule has 0 unspecified atom stereocenters. The monoisotopic (exact) mass is 284 g/mol. The van der Waals surface area contributed by atoms with Gasteiger partial charge in [0.05, 0.1) is 0 Å². The Morgan fingerprint density at radius 1 is 0.909 bits per heavy atom. The van der Waals surface area contributed by atoms with Crippen molar-refractivity contribution in [1.82, 2.24) is 0 Å². The molecule has 0 aromatic heterocycles. The quantitative estimate of drug-likeness (QED) is 0.528. The molecule has 0 bridgehead atoms. The highest BCUT2D eigenvalue weighted by Crippen LogP contribution is 2.37. The molecule has 0 nitrogen and oxygen atoms in total. The average Bonchev–Trinajstić information content (AvgIpc) is 3.00. The first kappa shape index (κ1) is 13.3. The van der Waals surface area contributed by atoms with Gasteiger partial charge < -0.3 is 0 Å². The molecule has 0 fully saturated rings. The zero-order valence-electron chi connectivity index (χ0n) is 13.2. The molecule has 0 atom stereocenters. The van der Waals surface area contributed by atoms with Gasteiger partial charge in [-0.2, -0.15) is 0 Å². The lowest BCUT2D eigenvalue weighted by atomic mass is 9.93. The van der Waals surface area contributed by atoms with Crippen LogP contribution in [0.15, 0.2) is 60.2 Å². The number of hydrogen-bond acceptors (Lipinski definition) is 0. The molecule has 22 heavy (non-hydrogen) atoms. The molecule has 0 saturated carbocycles. The number of rotatable bonds is 2. The molecule has 0 radical (unpaired) electrons. The second kappa shape index (κ2) is 5.14. The van der Waals surface area contributed by atoms with Crippen LogP contribution in [0.25, 0.3) is 28.0 Å². The van der Waals surface area contributed by atoms with Crippen LogP contribution >= 0.6 is 0 Å². The minimum Gasteiger partial charge on any atom is -0.0654 e. The van der Waals surface area contributed by atoms with Crippen LogP contribution in [-0.4, -0.2) is 0 Å². The fraction of sp³-hybridized carbons (Fsp3) is 0.182. The Labute approximate surface area is 132 Å². The third-order valence-corrected chi connectivity index (χ3v) is 4.86. The van der Waals surface area contributed by atoms with Crippen molar-refractivity contribution >= 4 is 16.8 Å². The van der Waals surface area contributed by atoms with Crippen LogP contribution in [0.3, 0.4) is 0 Å². The second-order valence-electron chi connectivity index (χ2n) is 6.22. The molecule has 0 saturated heterocycles. The summed E-state index contributed by atoms with van der Waals surface area (Å²) < 4.78 is 0. The highest BCUT2D eigenvalue weighted by Gasteiger charge is 2.17. The minimum atomic E-state index is 1.12. The minimum absolute atomic E-state index is 1.12. The van der Waals surface area contributed by atoms with Gasteiger partial charge in [0.2, 0.25) is 0 Å². The molecule has 3 aromatic carbocycles. The Morgan fingerprint density at radius 2 is 1.73 bits per heavy atom. The second-order valence-corrected chi connectivity index (χ2v) is 6.22.